The molecule has 0 saturated carbocycles. The summed E-state index contributed by atoms with van der Waals surface area (Å²) >= 11 is 0. The molecule has 11 nitrogen and oxygen atoms in total. The number of hydrogen-bond donors (Lipinski definition) is 1. The zero-order chi connectivity index (χ0) is 19.7. The molecule has 1 aromatic carbocycles. The maximum atomic E-state index is 12.5. The predicted molar refractivity (Wildman–Crippen MR) is 98.4 cm³/mol. The van der Waals surface area contributed by atoms with Crippen LogP contribution in [0.2, 0.25) is 0 Å². The van der Waals surface area contributed by atoms with Gasteiger partial charge in [-0.2, -0.15) is 5.10 Å². The number of benzene rings is 1. The molecule has 1 aromatic heterocycles. The highest BCUT2D eigenvalue weighted by Gasteiger charge is 2.37. The summed E-state index contributed by atoms with van der Waals surface area (Å²) in [5.41, 5.74) is 1.49. The van der Waals surface area contributed by atoms with Crippen molar-refractivity contribution in [2.45, 2.75) is 25.3 Å². The van der Waals surface area contributed by atoms with Crippen molar-refractivity contribution < 1.29 is 18.0 Å². The summed E-state index contributed by atoms with van der Waals surface area (Å²) in [6, 6.07) is 6.38. The van der Waals surface area contributed by atoms with Gasteiger partial charge >= 0.3 is 0 Å². The lowest BCUT2D eigenvalue weighted by atomic mass is 10.1. The molecule has 3 heterocycles. The Balaban J connectivity index is 1.46. The number of tetrazole rings is 1. The molecule has 1 N–H and O–H groups in total. The van der Waals surface area contributed by atoms with E-state index >= 15 is 0 Å². The Hall–Kier alpha value is -3.15. The van der Waals surface area contributed by atoms with E-state index in [9.17, 15) is 18.0 Å². The summed E-state index contributed by atoms with van der Waals surface area (Å²) in [6.07, 6.45) is 2.13. The first-order valence-corrected chi connectivity index (χ1v) is 10.5. The molecule has 146 valence electrons. The van der Waals surface area contributed by atoms with Crippen molar-refractivity contribution in [3.63, 3.8) is 0 Å². The summed E-state index contributed by atoms with van der Waals surface area (Å²) in [5.74, 6) is -0.764. The Morgan fingerprint density at radius 3 is 2.61 bits per heavy atom. The topological polar surface area (TPSA) is 140 Å². The van der Waals surface area contributed by atoms with Crippen molar-refractivity contribution in [3.8, 4) is 5.69 Å². The molecule has 0 radical (unpaired) electrons. The van der Waals surface area contributed by atoms with Crippen LogP contribution in [0.1, 0.15) is 19.3 Å². The van der Waals surface area contributed by atoms with E-state index in [1.165, 1.54) is 16.0 Å². The minimum atomic E-state index is -3.16. The van der Waals surface area contributed by atoms with E-state index in [-0.39, 0.29) is 36.0 Å². The van der Waals surface area contributed by atoms with Gasteiger partial charge in [0.25, 0.3) is 5.91 Å². The molecule has 2 aromatic rings. The highest BCUT2D eigenvalue weighted by molar-refractivity contribution is 7.91. The van der Waals surface area contributed by atoms with Gasteiger partial charge in [0.05, 0.1) is 23.2 Å². The van der Waals surface area contributed by atoms with E-state index in [1.54, 1.807) is 24.3 Å². The number of nitrogens with one attached hydrogen (secondary N) is 1. The number of hydrazone groups is 1. The normalized spacial score (nSPS) is 21.4. The second kappa shape index (κ2) is 7.11. The molecule has 12 heteroatoms. The Bertz CT molecular complexity index is 1030. The van der Waals surface area contributed by atoms with Crippen molar-refractivity contribution >= 4 is 33.1 Å². The Kier molecular flexibility index (Phi) is 4.63. The fourth-order valence-electron chi connectivity index (χ4n) is 3.17. The van der Waals surface area contributed by atoms with Gasteiger partial charge in [0.1, 0.15) is 12.0 Å². The fourth-order valence-corrected chi connectivity index (χ4v) is 4.86. The number of amides is 2. The minimum absolute atomic E-state index is 0.0339. The molecule has 2 aliphatic heterocycles. The molecule has 1 fully saturated rings. The Morgan fingerprint density at radius 2 is 1.96 bits per heavy atom. The molecular weight excluding hydrogens is 386 g/mol. The lowest BCUT2D eigenvalue weighted by molar-refractivity contribution is -0.133. The van der Waals surface area contributed by atoms with Crippen LogP contribution in [-0.2, 0) is 19.4 Å². The first kappa shape index (κ1) is 18.2. The molecule has 28 heavy (non-hydrogen) atoms. The van der Waals surface area contributed by atoms with Gasteiger partial charge in [-0.25, -0.2) is 18.1 Å². The third-order valence-corrected chi connectivity index (χ3v) is 6.37. The quantitative estimate of drug-likeness (QED) is 0.743. The lowest BCUT2D eigenvalue weighted by Gasteiger charge is -2.27. The van der Waals surface area contributed by atoms with Crippen molar-refractivity contribution in [2.75, 3.05) is 16.8 Å². The van der Waals surface area contributed by atoms with Crippen LogP contribution < -0.4 is 5.32 Å². The van der Waals surface area contributed by atoms with E-state index in [4.69, 9.17) is 0 Å². The second-order valence-corrected chi connectivity index (χ2v) is 8.83. The summed E-state index contributed by atoms with van der Waals surface area (Å²) in [6.45, 7) is 0. The van der Waals surface area contributed by atoms with Crippen LogP contribution >= 0.6 is 0 Å². The number of rotatable bonds is 4. The van der Waals surface area contributed by atoms with Gasteiger partial charge in [-0.05, 0) is 41.1 Å². The SMILES string of the molecule is O=C(Nc1ccc(-n2cnnn2)cc1)C1=NN(C2CCS(=O)(=O)C2)C(=O)CC1. The fraction of sp³-hybridized carbons (Fsp3) is 0.375. The number of nitrogens with zero attached hydrogens (tertiary/aromatic N) is 6. The van der Waals surface area contributed by atoms with Crippen LogP contribution in [0.3, 0.4) is 0 Å². The van der Waals surface area contributed by atoms with E-state index in [2.05, 4.69) is 25.9 Å². The molecule has 1 unspecified atom stereocenters. The summed E-state index contributed by atoms with van der Waals surface area (Å²) in [5, 5.41) is 19.0. The monoisotopic (exact) mass is 403 g/mol. The van der Waals surface area contributed by atoms with Crippen molar-refractivity contribution in [2.24, 2.45) is 5.10 Å². The zero-order valence-electron chi connectivity index (χ0n) is 14.7. The van der Waals surface area contributed by atoms with Crippen LogP contribution in [0.5, 0.6) is 0 Å². The lowest BCUT2D eigenvalue weighted by Crippen LogP contribution is -2.42. The van der Waals surface area contributed by atoms with Crippen LogP contribution in [-0.4, -0.2) is 68.7 Å². The van der Waals surface area contributed by atoms with Crippen molar-refractivity contribution in [1.29, 1.82) is 0 Å². The highest BCUT2D eigenvalue weighted by Crippen LogP contribution is 2.22. The average Bonchev–Trinajstić information content (AvgIpc) is 3.32. The van der Waals surface area contributed by atoms with Crippen LogP contribution in [0, 0.1) is 0 Å². The molecule has 1 atom stereocenters. The molecule has 1 saturated heterocycles. The van der Waals surface area contributed by atoms with Gasteiger partial charge in [-0.3, -0.25) is 9.59 Å². The minimum Gasteiger partial charge on any atom is -0.321 e. The third kappa shape index (κ3) is 3.76. The molecule has 0 bridgehead atoms. The molecule has 0 aliphatic carbocycles. The van der Waals surface area contributed by atoms with Gasteiger partial charge in [-0.15, -0.1) is 5.10 Å². The average molecular weight is 403 g/mol. The van der Waals surface area contributed by atoms with Crippen LogP contribution in [0.25, 0.3) is 5.69 Å². The van der Waals surface area contributed by atoms with Gasteiger partial charge in [0, 0.05) is 18.5 Å². The van der Waals surface area contributed by atoms with Gasteiger partial charge in [-0.1, -0.05) is 0 Å². The first-order chi connectivity index (χ1) is 13.4. The van der Waals surface area contributed by atoms with Gasteiger partial charge < -0.3 is 5.32 Å². The highest BCUT2D eigenvalue weighted by atomic mass is 32.2. The Labute approximate surface area is 160 Å². The van der Waals surface area contributed by atoms with Gasteiger partial charge in [0.2, 0.25) is 5.91 Å². The number of carbonyl (C=O) groups excluding carboxylic acids is 2. The van der Waals surface area contributed by atoms with Crippen LogP contribution in [0.4, 0.5) is 5.69 Å². The number of anilines is 1. The summed E-state index contributed by atoms with van der Waals surface area (Å²) in [7, 11) is -3.16. The van der Waals surface area contributed by atoms with Crippen LogP contribution in [0.15, 0.2) is 35.7 Å². The van der Waals surface area contributed by atoms with Gasteiger partial charge in [0.15, 0.2) is 9.84 Å². The molecule has 4 rings (SSSR count). The molecular formula is C16H17N7O4S. The van der Waals surface area contributed by atoms with Crippen molar-refractivity contribution in [3.05, 3.63) is 30.6 Å². The Morgan fingerprint density at radius 1 is 1.18 bits per heavy atom. The number of sulfone groups is 1. The van der Waals surface area contributed by atoms with Crippen molar-refractivity contribution in [1.82, 2.24) is 25.2 Å². The number of carbonyl (C=O) groups is 2. The standard InChI is InChI=1S/C16H17N7O4S/c24-15-6-5-14(19-23(15)13-7-8-28(26,27)9-13)16(25)18-11-1-3-12(4-2-11)22-10-17-20-21-22/h1-4,10,13H,5-9H2,(H,18,25). The van der Waals surface area contributed by atoms with E-state index in [0.717, 1.165) is 5.69 Å². The first-order valence-electron chi connectivity index (χ1n) is 8.66. The number of hydrogen-bond acceptors (Lipinski definition) is 8. The third-order valence-electron chi connectivity index (χ3n) is 4.61. The molecule has 0 spiro atoms. The second-order valence-electron chi connectivity index (χ2n) is 6.60. The number of aromatic nitrogens is 4. The van der Waals surface area contributed by atoms with E-state index in [0.29, 0.717) is 12.1 Å². The molecule has 2 aliphatic rings. The maximum absolute atomic E-state index is 12.5. The zero-order valence-corrected chi connectivity index (χ0v) is 15.5. The maximum Gasteiger partial charge on any atom is 0.271 e. The summed E-state index contributed by atoms with van der Waals surface area (Å²) in [4.78, 5) is 24.7. The largest absolute Gasteiger partial charge is 0.321 e. The van der Waals surface area contributed by atoms with E-state index in [1.807, 2.05) is 0 Å². The summed E-state index contributed by atoms with van der Waals surface area (Å²) < 4.78 is 24.8. The smallest absolute Gasteiger partial charge is 0.271 e. The predicted octanol–water partition coefficient (Wildman–Crippen LogP) is -0.234. The molecule has 2 amide bonds. The van der Waals surface area contributed by atoms with E-state index < -0.39 is 21.8 Å².